The number of aliphatic hydroxyl groups excluding tert-OH is 1. The van der Waals surface area contributed by atoms with E-state index in [1.165, 1.54) is 16.4 Å². The van der Waals surface area contributed by atoms with Crippen LogP contribution in [0.3, 0.4) is 0 Å². The molecular weight excluding hydrogens is 321 g/mol. The fourth-order valence-electron chi connectivity index (χ4n) is 2.58. The molecule has 1 N–H and O–H groups in total. The molecule has 2 rings (SSSR count). The average molecular weight is 338 g/mol. The minimum Gasteiger partial charge on any atom is -0.392 e. The highest BCUT2D eigenvalue weighted by molar-refractivity contribution is 7.89. The lowest BCUT2D eigenvalue weighted by molar-refractivity contribution is 0.281. The second-order valence-electron chi connectivity index (χ2n) is 4.86. The molecule has 1 aliphatic heterocycles. The molecule has 0 radical (unpaired) electrons. The summed E-state index contributed by atoms with van der Waals surface area (Å²) < 4.78 is 27.0. The molecular formula is C13H17Cl2NO3S. The van der Waals surface area contributed by atoms with Crippen LogP contribution in [0.1, 0.15) is 31.7 Å². The second-order valence-corrected chi connectivity index (χ2v) is 7.53. The monoisotopic (exact) mass is 337 g/mol. The lowest BCUT2D eigenvalue weighted by atomic mass is 10.2. The van der Waals surface area contributed by atoms with Crippen LogP contribution in [0.15, 0.2) is 17.0 Å². The van der Waals surface area contributed by atoms with E-state index in [4.69, 9.17) is 23.2 Å². The lowest BCUT2D eigenvalue weighted by Crippen LogP contribution is -2.35. The van der Waals surface area contributed by atoms with Gasteiger partial charge in [0.05, 0.1) is 11.6 Å². The molecule has 0 saturated carbocycles. The summed E-state index contributed by atoms with van der Waals surface area (Å²) >= 11 is 12.0. The van der Waals surface area contributed by atoms with E-state index in [0.717, 1.165) is 19.3 Å². The number of rotatable bonds is 4. The Kier molecular flexibility index (Phi) is 4.97. The Hall–Kier alpha value is -0.330. The fraction of sp³-hybridized carbons (Fsp3) is 0.538. The second kappa shape index (κ2) is 6.20. The van der Waals surface area contributed by atoms with Crippen molar-refractivity contribution >= 4 is 33.2 Å². The first-order chi connectivity index (χ1) is 9.41. The molecule has 0 spiro atoms. The van der Waals surface area contributed by atoms with Gasteiger partial charge in [0, 0.05) is 17.6 Å². The highest BCUT2D eigenvalue weighted by atomic mass is 35.5. The van der Waals surface area contributed by atoms with Crippen molar-refractivity contribution in [2.45, 2.75) is 43.7 Å². The lowest BCUT2D eigenvalue weighted by Gasteiger charge is -2.24. The Morgan fingerprint density at radius 3 is 2.70 bits per heavy atom. The van der Waals surface area contributed by atoms with Gasteiger partial charge in [-0.25, -0.2) is 8.42 Å². The van der Waals surface area contributed by atoms with Crippen molar-refractivity contribution in [1.29, 1.82) is 0 Å². The first-order valence-corrected chi connectivity index (χ1v) is 8.72. The van der Waals surface area contributed by atoms with Crippen LogP contribution in [-0.4, -0.2) is 30.4 Å². The number of nitrogens with zero attached hydrogens (tertiary/aromatic N) is 1. The van der Waals surface area contributed by atoms with Crippen LogP contribution in [0, 0.1) is 0 Å². The maximum atomic E-state index is 12.7. The highest BCUT2D eigenvalue weighted by Gasteiger charge is 2.35. The maximum absolute atomic E-state index is 12.7. The molecule has 1 aliphatic rings. The van der Waals surface area contributed by atoms with Gasteiger partial charge in [-0.2, -0.15) is 4.31 Å². The van der Waals surface area contributed by atoms with Crippen molar-refractivity contribution < 1.29 is 13.5 Å². The van der Waals surface area contributed by atoms with Crippen molar-refractivity contribution in [2.24, 2.45) is 0 Å². The van der Waals surface area contributed by atoms with Crippen LogP contribution in [0.2, 0.25) is 10.0 Å². The molecule has 7 heteroatoms. The van der Waals surface area contributed by atoms with Crippen LogP contribution in [-0.2, 0) is 16.6 Å². The van der Waals surface area contributed by atoms with Gasteiger partial charge in [0.25, 0.3) is 0 Å². The summed E-state index contributed by atoms with van der Waals surface area (Å²) in [4.78, 5) is -0.0175. The van der Waals surface area contributed by atoms with E-state index in [1.54, 1.807) is 0 Å². The summed E-state index contributed by atoms with van der Waals surface area (Å²) in [5, 5.41) is 9.55. The van der Waals surface area contributed by atoms with Gasteiger partial charge in [0.15, 0.2) is 0 Å². The predicted octanol–water partition coefficient (Wildman–Crippen LogP) is 3.05. The summed E-state index contributed by atoms with van der Waals surface area (Å²) in [6.45, 7) is 2.12. The standard InChI is InChI=1S/C13H17Cl2NO3S/c1-2-11-4-3-5-16(11)20(18,19)12-7-10(14)6-9(8-17)13(12)15/h6-7,11,17H,2-5,8H2,1H3. The highest BCUT2D eigenvalue weighted by Crippen LogP contribution is 2.34. The summed E-state index contributed by atoms with van der Waals surface area (Å²) in [5.41, 5.74) is 0.324. The Bertz CT molecular complexity index is 604. The van der Waals surface area contributed by atoms with Crippen LogP contribution < -0.4 is 0 Å². The summed E-state index contributed by atoms with van der Waals surface area (Å²) in [5.74, 6) is 0. The van der Waals surface area contributed by atoms with Gasteiger partial charge in [0.2, 0.25) is 10.0 Å². The third kappa shape index (κ3) is 2.83. The van der Waals surface area contributed by atoms with Crippen LogP contribution >= 0.6 is 23.2 Å². The van der Waals surface area contributed by atoms with E-state index in [0.29, 0.717) is 12.1 Å². The molecule has 0 aromatic heterocycles. The third-order valence-corrected chi connectivity index (χ3v) is 6.38. The van der Waals surface area contributed by atoms with E-state index in [9.17, 15) is 13.5 Å². The summed E-state index contributed by atoms with van der Waals surface area (Å²) in [7, 11) is -3.68. The zero-order chi connectivity index (χ0) is 14.9. The van der Waals surface area contributed by atoms with E-state index < -0.39 is 10.0 Å². The van der Waals surface area contributed by atoms with Gasteiger partial charge in [-0.1, -0.05) is 30.1 Å². The molecule has 1 heterocycles. The number of benzene rings is 1. The first-order valence-electron chi connectivity index (χ1n) is 6.52. The normalized spacial score (nSPS) is 20.5. The summed E-state index contributed by atoms with van der Waals surface area (Å²) in [6, 6.07) is 2.83. The molecule has 1 aromatic carbocycles. The molecule has 20 heavy (non-hydrogen) atoms. The third-order valence-electron chi connectivity index (χ3n) is 3.63. The van der Waals surface area contributed by atoms with Gasteiger partial charge in [-0.15, -0.1) is 0 Å². The average Bonchev–Trinajstić information content (AvgIpc) is 2.89. The Labute approximate surface area is 129 Å². The largest absolute Gasteiger partial charge is 0.392 e. The van der Waals surface area contributed by atoms with Gasteiger partial charge < -0.3 is 5.11 Å². The smallest absolute Gasteiger partial charge is 0.244 e. The van der Waals surface area contributed by atoms with Crippen molar-refractivity contribution in [2.75, 3.05) is 6.54 Å². The minimum absolute atomic E-state index is 0.00706. The quantitative estimate of drug-likeness (QED) is 0.918. The number of halogens is 2. The topological polar surface area (TPSA) is 57.6 Å². The number of aliphatic hydroxyl groups is 1. The van der Waals surface area contributed by atoms with Crippen molar-refractivity contribution in [3.63, 3.8) is 0 Å². The molecule has 112 valence electrons. The first kappa shape index (κ1) is 16.0. The zero-order valence-corrected chi connectivity index (χ0v) is 13.5. The molecule has 0 bridgehead atoms. The van der Waals surface area contributed by atoms with Crippen molar-refractivity contribution in [3.05, 3.63) is 27.7 Å². The van der Waals surface area contributed by atoms with Crippen LogP contribution in [0.4, 0.5) is 0 Å². The van der Waals surface area contributed by atoms with Gasteiger partial charge in [0.1, 0.15) is 4.90 Å². The molecule has 1 aromatic rings. The van der Waals surface area contributed by atoms with Crippen LogP contribution in [0.5, 0.6) is 0 Å². The van der Waals surface area contributed by atoms with Gasteiger partial charge >= 0.3 is 0 Å². The molecule has 0 amide bonds. The zero-order valence-electron chi connectivity index (χ0n) is 11.1. The Balaban J connectivity index is 2.52. The maximum Gasteiger partial charge on any atom is 0.244 e. The van der Waals surface area contributed by atoms with Gasteiger partial charge in [-0.3, -0.25) is 0 Å². The molecule has 0 aliphatic carbocycles. The molecule has 4 nitrogen and oxygen atoms in total. The molecule has 1 saturated heterocycles. The number of hydrogen-bond acceptors (Lipinski definition) is 3. The predicted molar refractivity (Wildman–Crippen MR) is 79.6 cm³/mol. The van der Waals surface area contributed by atoms with Crippen molar-refractivity contribution in [3.8, 4) is 0 Å². The number of sulfonamides is 1. The minimum atomic E-state index is -3.68. The van der Waals surface area contributed by atoms with Crippen LogP contribution in [0.25, 0.3) is 0 Å². The Morgan fingerprint density at radius 2 is 2.10 bits per heavy atom. The Morgan fingerprint density at radius 1 is 1.40 bits per heavy atom. The van der Waals surface area contributed by atoms with E-state index in [1.807, 2.05) is 6.92 Å². The van der Waals surface area contributed by atoms with E-state index >= 15 is 0 Å². The van der Waals surface area contributed by atoms with Crippen molar-refractivity contribution in [1.82, 2.24) is 4.31 Å². The van der Waals surface area contributed by atoms with E-state index in [-0.39, 0.29) is 27.6 Å². The molecule has 1 fully saturated rings. The van der Waals surface area contributed by atoms with Gasteiger partial charge in [-0.05, 0) is 37.0 Å². The molecule has 1 atom stereocenters. The SMILES string of the molecule is CCC1CCCN1S(=O)(=O)c1cc(Cl)cc(CO)c1Cl. The fourth-order valence-corrected chi connectivity index (χ4v) is 5.25. The molecule has 1 unspecified atom stereocenters. The van der Waals surface area contributed by atoms with E-state index in [2.05, 4.69) is 0 Å². The summed E-state index contributed by atoms with van der Waals surface area (Å²) in [6.07, 6.45) is 2.48. The number of hydrogen-bond donors (Lipinski definition) is 1.